The number of rotatable bonds is 3. The van der Waals surface area contributed by atoms with E-state index in [-0.39, 0.29) is 6.79 Å². The third-order valence-corrected chi connectivity index (χ3v) is 0.981. The summed E-state index contributed by atoms with van der Waals surface area (Å²) >= 11 is 0. The Labute approximate surface area is 39.4 Å². The van der Waals surface area contributed by atoms with Crippen molar-refractivity contribution in [1.82, 2.24) is 0 Å². The summed E-state index contributed by atoms with van der Waals surface area (Å²) in [6.07, 6.45) is 0. The molecule has 1 N–H and O–H groups in total. The first-order valence-electron chi connectivity index (χ1n) is 1.71. The van der Waals surface area contributed by atoms with Gasteiger partial charge in [-0.25, -0.2) is 0 Å². The van der Waals surface area contributed by atoms with Gasteiger partial charge in [0.25, 0.3) is 0 Å². The molecule has 0 amide bonds. The standard InChI is InChI=1S/C3H8O2Si/c1-2-6-5-3-4/h2,4H,1,3,6H2. The lowest BCUT2D eigenvalue weighted by molar-refractivity contribution is 0.105. The average Bonchev–Trinajstić information content (AvgIpc) is 1.61. The van der Waals surface area contributed by atoms with Crippen LogP contribution in [0.4, 0.5) is 0 Å². The van der Waals surface area contributed by atoms with Gasteiger partial charge >= 0.3 is 0 Å². The van der Waals surface area contributed by atoms with Crippen molar-refractivity contribution in [3.63, 3.8) is 0 Å². The minimum absolute atomic E-state index is 0.155. The molecule has 0 aromatic heterocycles. The first-order chi connectivity index (χ1) is 2.91. The number of aliphatic hydroxyl groups is 1. The average molecular weight is 104 g/mol. The fourth-order valence-electron chi connectivity index (χ4n) is 0.136. The molecule has 6 heavy (non-hydrogen) atoms. The molecule has 0 fully saturated rings. The summed E-state index contributed by atoms with van der Waals surface area (Å²) in [4.78, 5) is 0. The van der Waals surface area contributed by atoms with Gasteiger partial charge in [-0.1, -0.05) is 5.70 Å². The van der Waals surface area contributed by atoms with Crippen LogP contribution >= 0.6 is 0 Å². The quantitative estimate of drug-likeness (QED) is 0.288. The van der Waals surface area contributed by atoms with Gasteiger partial charge in [0.1, 0.15) is 6.79 Å². The maximum Gasteiger partial charge on any atom is 0.187 e. The Morgan fingerprint density at radius 3 is 2.83 bits per heavy atom. The fraction of sp³-hybridized carbons (Fsp3) is 0.333. The van der Waals surface area contributed by atoms with Gasteiger partial charge in [0.15, 0.2) is 9.76 Å². The molecule has 0 spiro atoms. The molecule has 0 rings (SSSR count). The van der Waals surface area contributed by atoms with Crippen molar-refractivity contribution in [2.75, 3.05) is 6.79 Å². The Morgan fingerprint density at radius 2 is 2.67 bits per heavy atom. The molecule has 0 bridgehead atoms. The topological polar surface area (TPSA) is 29.5 Å². The van der Waals surface area contributed by atoms with Crippen LogP contribution in [-0.4, -0.2) is 21.7 Å². The lowest BCUT2D eigenvalue weighted by atomic mass is 11.3. The Bertz CT molecular complexity index is 37.8. The van der Waals surface area contributed by atoms with Crippen LogP contribution in [-0.2, 0) is 4.43 Å². The molecular formula is C3H8O2Si. The molecule has 0 aliphatic heterocycles. The molecule has 2 nitrogen and oxygen atoms in total. The summed E-state index contributed by atoms with van der Waals surface area (Å²) in [5.41, 5.74) is 1.72. The van der Waals surface area contributed by atoms with Gasteiger partial charge in [0.2, 0.25) is 0 Å². The van der Waals surface area contributed by atoms with Crippen LogP contribution in [0.1, 0.15) is 0 Å². The van der Waals surface area contributed by atoms with Crippen LogP contribution in [0.5, 0.6) is 0 Å². The second-order valence-corrected chi connectivity index (χ2v) is 2.11. The van der Waals surface area contributed by atoms with Crippen LogP contribution in [0, 0.1) is 0 Å². The first kappa shape index (κ1) is 5.88. The molecule has 3 heteroatoms. The molecule has 0 aromatic rings. The molecule has 0 aliphatic rings. The van der Waals surface area contributed by atoms with Gasteiger partial charge in [-0.3, -0.25) is 0 Å². The maximum atomic E-state index is 7.96. The first-order valence-corrected chi connectivity index (χ1v) is 3.10. The molecule has 0 heterocycles. The summed E-state index contributed by atoms with van der Waals surface area (Å²) in [6, 6.07) is 0. The molecule has 0 atom stereocenters. The van der Waals surface area contributed by atoms with Crippen LogP contribution in [0.15, 0.2) is 12.3 Å². The smallest absolute Gasteiger partial charge is 0.187 e. The van der Waals surface area contributed by atoms with Gasteiger partial charge in [0, 0.05) is 0 Å². The summed E-state index contributed by atoms with van der Waals surface area (Å²) in [6.45, 7) is 3.27. The summed E-state index contributed by atoms with van der Waals surface area (Å²) < 4.78 is 4.56. The Balaban J connectivity index is 2.49. The van der Waals surface area contributed by atoms with E-state index in [1.807, 2.05) is 0 Å². The van der Waals surface area contributed by atoms with Gasteiger partial charge in [-0.05, 0) is 0 Å². The molecule has 36 valence electrons. The van der Waals surface area contributed by atoms with E-state index in [1.165, 1.54) is 0 Å². The molecule has 0 unspecified atom stereocenters. The normalized spacial score (nSPS) is 10.2. The highest BCUT2D eigenvalue weighted by molar-refractivity contribution is 6.33. The zero-order valence-electron chi connectivity index (χ0n) is 3.55. The van der Waals surface area contributed by atoms with Gasteiger partial charge in [0.05, 0.1) is 0 Å². The lowest BCUT2D eigenvalue weighted by Gasteiger charge is -1.87. The van der Waals surface area contributed by atoms with Gasteiger partial charge in [-0.15, -0.1) is 6.58 Å². The summed E-state index contributed by atoms with van der Waals surface area (Å²) in [5, 5.41) is 7.96. The van der Waals surface area contributed by atoms with E-state index in [0.29, 0.717) is 0 Å². The highest BCUT2D eigenvalue weighted by Crippen LogP contribution is 1.62. The van der Waals surface area contributed by atoms with Crippen molar-refractivity contribution in [3.05, 3.63) is 12.3 Å². The van der Waals surface area contributed by atoms with E-state index < -0.39 is 9.76 Å². The van der Waals surface area contributed by atoms with E-state index in [0.717, 1.165) is 0 Å². The number of hydrogen-bond acceptors (Lipinski definition) is 2. The monoisotopic (exact) mass is 104 g/mol. The van der Waals surface area contributed by atoms with Crippen LogP contribution in [0.3, 0.4) is 0 Å². The number of aliphatic hydroxyl groups excluding tert-OH is 1. The minimum atomic E-state index is -0.564. The zero-order chi connectivity index (χ0) is 4.83. The molecule has 0 aromatic carbocycles. The molecule has 0 saturated carbocycles. The second-order valence-electron chi connectivity index (χ2n) is 0.789. The van der Waals surface area contributed by atoms with Crippen molar-refractivity contribution in [1.29, 1.82) is 0 Å². The van der Waals surface area contributed by atoms with E-state index in [9.17, 15) is 0 Å². The summed E-state index contributed by atoms with van der Waals surface area (Å²) in [5.74, 6) is 0. The van der Waals surface area contributed by atoms with Crippen LogP contribution in [0.2, 0.25) is 0 Å². The second kappa shape index (κ2) is 4.88. The highest BCUT2D eigenvalue weighted by atomic mass is 28.2. The molecule has 0 aliphatic carbocycles. The zero-order valence-corrected chi connectivity index (χ0v) is 4.97. The minimum Gasteiger partial charge on any atom is -0.397 e. The Kier molecular flexibility index (Phi) is 4.78. The molecule has 0 saturated heterocycles. The third kappa shape index (κ3) is 3.88. The van der Waals surface area contributed by atoms with Crippen molar-refractivity contribution in [2.45, 2.75) is 0 Å². The highest BCUT2D eigenvalue weighted by Gasteiger charge is 1.70. The van der Waals surface area contributed by atoms with E-state index in [4.69, 9.17) is 5.11 Å². The number of hydrogen-bond donors (Lipinski definition) is 1. The van der Waals surface area contributed by atoms with E-state index in [2.05, 4.69) is 11.0 Å². The van der Waals surface area contributed by atoms with Crippen molar-refractivity contribution >= 4 is 9.76 Å². The van der Waals surface area contributed by atoms with Crippen molar-refractivity contribution < 1.29 is 9.53 Å². The van der Waals surface area contributed by atoms with E-state index in [1.54, 1.807) is 5.70 Å². The molecule has 0 radical (unpaired) electrons. The van der Waals surface area contributed by atoms with Crippen molar-refractivity contribution in [2.24, 2.45) is 0 Å². The fourth-order valence-corrected chi connectivity index (χ4v) is 0.408. The van der Waals surface area contributed by atoms with E-state index >= 15 is 0 Å². The van der Waals surface area contributed by atoms with Gasteiger partial charge in [-0.2, -0.15) is 0 Å². The van der Waals surface area contributed by atoms with Crippen molar-refractivity contribution in [3.8, 4) is 0 Å². The summed E-state index contributed by atoms with van der Waals surface area (Å²) in [7, 11) is -0.564. The lowest BCUT2D eigenvalue weighted by Crippen LogP contribution is -1.94. The third-order valence-electron chi connectivity index (χ3n) is 0.327. The Morgan fingerprint density at radius 1 is 2.00 bits per heavy atom. The van der Waals surface area contributed by atoms with Crippen LogP contribution in [0.25, 0.3) is 0 Å². The maximum absolute atomic E-state index is 7.96. The van der Waals surface area contributed by atoms with Crippen LogP contribution < -0.4 is 0 Å². The molecular weight excluding hydrogens is 96.1 g/mol. The SMILES string of the molecule is C=C[SiH2]OCO. The van der Waals surface area contributed by atoms with Gasteiger partial charge < -0.3 is 9.53 Å². The predicted octanol–water partition coefficient (Wildman–Crippen LogP) is -0.820. The largest absolute Gasteiger partial charge is 0.397 e. The predicted molar refractivity (Wildman–Crippen MR) is 26.9 cm³/mol. The Hall–Kier alpha value is -0.123.